The van der Waals surface area contributed by atoms with Crippen LogP contribution >= 0.6 is 23.8 Å². The van der Waals surface area contributed by atoms with Gasteiger partial charge in [-0.2, -0.15) is 4.55 Å². The first-order valence-electron chi connectivity index (χ1n) is 5.54. The normalized spacial score (nSPS) is 34.6. The van der Waals surface area contributed by atoms with Crippen LogP contribution in [0.5, 0.6) is 0 Å². The van der Waals surface area contributed by atoms with Crippen LogP contribution in [0.3, 0.4) is 0 Å². The monoisotopic (exact) mass is 303 g/mol. The molecule has 4 nitrogen and oxygen atoms in total. The molecule has 2 N–H and O–H groups in total. The Morgan fingerprint density at radius 3 is 2.89 bits per heavy atom. The van der Waals surface area contributed by atoms with Crippen molar-refractivity contribution in [1.29, 1.82) is 0 Å². The number of nitrogens with zero attached hydrogens (tertiary/aromatic N) is 1. The summed E-state index contributed by atoms with van der Waals surface area (Å²) < 4.78 is 21.5. The average molecular weight is 304 g/mol. The second kappa shape index (κ2) is 4.16. The SMILES string of the molecule is O=[S+]1(O)C[C@@H]2[C@@H](C1)NC(=S)N2c1ccccc1Cl. The molecule has 1 unspecified atom stereocenters. The van der Waals surface area contributed by atoms with Gasteiger partial charge in [0.1, 0.15) is 12.1 Å². The van der Waals surface area contributed by atoms with E-state index in [0.29, 0.717) is 10.1 Å². The van der Waals surface area contributed by atoms with Crippen molar-refractivity contribution in [3.63, 3.8) is 0 Å². The van der Waals surface area contributed by atoms with Gasteiger partial charge in [0.15, 0.2) is 16.6 Å². The maximum atomic E-state index is 11.8. The zero-order valence-corrected chi connectivity index (χ0v) is 11.8. The molecule has 2 aliphatic rings. The number of hydrogen-bond acceptors (Lipinski definition) is 2. The van der Waals surface area contributed by atoms with Gasteiger partial charge >= 0.3 is 0 Å². The van der Waals surface area contributed by atoms with Crippen molar-refractivity contribution in [1.82, 2.24) is 5.32 Å². The Balaban J connectivity index is 2.00. The summed E-state index contributed by atoms with van der Waals surface area (Å²) >= 11 is 11.5. The zero-order valence-electron chi connectivity index (χ0n) is 9.38. The number of rotatable bonds is 1. The van der Waals surface area contributed by atoms with Gasteiger partial charge in [-0.1, -0.05) is 27.9 Å². The lowest BCUT2D eigenvalue weighted by Crippen LogP contribution is -2.37. The Hall–Kier alpha value is -0.690. The number of fused-ring (bicyclic) bond motifs is 1. The molecule has 3 rings (SSSR count). The second-order valence-corrected chi connectivity index (χ2v) is 7.56. The van der Waals surface area contributed by atoms with Crippen molar-refractivity contribution >= 4 is 44.8 Å². The molecule has 1 aromatic carbocycles. The van der Waals surface area contributed by atoms with Crippen LogP contribution in [0.1, 0.15) is 0 Å². The van der Waals surface area contributed by atoms with Crippen molar-refractivity contribution in [2.45, 2.75) is 12.1 Å². The van der Waals surface area contributed by atoms with Crippen LogP contribution in [0, 0.1) is 0 Å². The predicted molar refractivity (Wildman–Crippen MR) is 77.7 cm³/mol. The summed E-state index contributed by atoms with van der Waals surface area (Å²) in [6.45, 7) is 0. The number of benzene rings is 1. The van der Waals surface area contributed by atoms with Crippen LogP contribution in [0.4, 0.5) is 5.69 Å². The van der Waals surface area contributed by atoms with Crippen LogP contribution < -0.4 is 10.2 Å². The minimum absolute atomic E-state index is 0.0636. The van der Waals surface area contributed by atoms with E-state index in [4.69, 9.17) is 23.8 Å². The standard InChI is InChI=1S/C11H11ClN2O2S2/c12-7-3-1-2-4-9(7)14-10-6-18(15,16)5-8(10)13-11(14)17/h1-4,8,10H,5-6H2,(H-,13,15,16,17)/p+1/t8-,10-/m1/s1. The number of nitrogens with one attached hydrogen (secondary N) is 1. The highest BCUT2D eigenvalue weighted by Gasteiger charge is 2.54. The lowest BCUT2D eigenvalue weighted by Gasteiger charge is -2.23. The molecule has 2 fully saturated rings. The molecule has 2 saturated heterocycles. The first kappa shape index (κ1) is 12.3. The Bertz CT molecular complexity index is 566. The molecule has 1 aromatic rings. The van der Waals surface area contributed by atoms with E-state index in [-0.39, 0.29) is 23.6 Å². The molecule has 0 amide bonds. The minimum Gasteiger partial charge on any atom is -0.352 e. The van der Waals surface area contributed by atoms with Crippen molar-refractivity contribution in [3.05, 3.63) is 29.3 Å². The molecule has 0 saturated carbocycles. The predicted octanol–water partition coefficient (Wildman–Crippen LogP) is 1.76. The van der Waals surface area contributed by atoms with E-state index in [1.54, 1.807) is 6.07 Å². The van der Waals surface area contributed by atoms with E-state index in [0.717, 1.165) is 5.69 Å². The smallest absolute Gasteiger partial charge is 0.218 e. The molecule has 18 heavy (non-hydrogen) atoms. The average Bonchev–Trinajstić information content (AvgIpc) is 2.70. The minimum atomic E-state index is -2.74. The number of halogens is 1. The van der Waals surface area contributed by atoms with Crippen LogP contribution in [0.25, 0.3) is 0 Å². The van der Waals surface area contributed by atoms with Gasteiger partial charge in [-0.15, -0.1) is 0 Å². The summed E-state index contributed by atoms with van der Waals surface area (Å²) in [6, 6.07) is 7.23. The fourth-order valence-electron chi connectivity index (χ4n) is 2.55. The van der Waals surface area contributed by atoms with E-state index >= 15 is 0 Å². The van der Waals surface area contributed by atoms with E-state index in [1.807, 2.05) is 23.1 Å². The number of hydrogen-bond donors (Lipinski definition) is 2. The van der Waals surface area contributed by atoms with E-state index in [9.17, 15) is 8.76 Å². The molecule has 3 atom stereocenters. The van der Waals surface area contributed by atoms with Gasteiger partial charge in [0.2, 0.25) is 10.2 Å². The Kier molecular flexibility index (Phi) is 2.85. The van der Waals surface area contributed by atoms with Crippen LogP contribution in [-0.2, 0) is 14.4 Å². The summed E-state index contributed by atoms with van der Waals surface area (Å²) in [7, 11) is -2.74. The lowest BCUT2D eigenvalue weighted by atomic mass is 10.1. The molecule has 7 heteroatoms. The Morgan fingerprint density at radius 2 is 2.17 bits per heavy atom. The third-order valence-corrected chi connectivity index (χ3v) is 5.68. The summed E-state index contributed by atoms with van der Waals surface area (Å²) in [5, 5.41) is 4.28. The third kappa shape index (κ3) is 1.93. The Labute approximate surface area is 117 Å². The maximum absolute atomic E-state index is 11.8. The maximum Gasteiger partial charge on any atom is 0.218 e. The summed E-state index contributed by atoms with van der Waals surface area (Å²) in [5.74, 6) is 0.481. The van der Waals surface area contributed by atoms with E-state index < -0.39 is 10.2 Å². The van der Waals surface area contributed by atoms with Gasteiger partial charge in [0.25, 0.3) is 0 Å². The van der Waals surface area contributed by atoms with Crippen LogP contribution in [0.2, 0.25) is 5.02 Å². The van der Waals surface area contributed by atoms with E-state index in [2.05, 4.69) is 5.32 Å². The van der Waals surface area contributed by atoms with Gasteiger partial charge in [-0.05, 0) is 24.4 Å². The van der Waals surface area contributed by atoms with Crippen LogP contribution in [-0.4, -0.2) is 33.3 Å². The molecular formula is C11H12ClN2O2S2+. The second-order valence-electron chi connectivity index (χ2n) is 4.55. The van der Waals surface area contributed by atoms with Crippen molar-refractivity contribution in [2.75, 3.05) is 16.4 Å². The number of anilines is 1. The topological polar surface area (TPSA) is 52.6 Å². The van der Waals surface area contributed by atoms with Gasteiger partial charge in [0, 0.05) is 0 Å². The van der Waals surface area contributed by atoms with Crippen LogP contribution in [0.15, 0.2) is 24.3 Å². The highest BCUT2D eigenvalue weighted by molar-refractivity contribution is 7.98. The molecule has 0 radical (unpaired) electrons. The molecule has 0 bridgehead atoms. The molecule has 96 valence electrons. The molecule has 2 heterocycles. The quantitative estimate of drug-likeness (QED) is 0.611. The van der Waals surface area contributed by atoms with Crippen molar-refractivity contribution in [3.8, 4) is 0 Å². The largest absolute Gasteiger partial charge is 0.352 e. The zero-order chi connectivity index (χ0) is 12.9. The third-order valence-electron chi connectivity index (χ3n) is 3.31. The van der Waals surface area contributed by atoms with Crippen molar-refractivity contribution in [2.24, 2.45) is 0 Å². The van der Waals surface area contributed by atoms with Gasteiger partial charge in [-0.3, -0.25) is 0 Å². The highest BCUT2D eigenvalue weighted by atomic mass is 35.5. The number of thiocarbonyl (C=S) groups is 1. The van der Waals surface area contributed by atoms with Gasteiger partial charge < -0.3 is 10.2 Å². The summed E-state index contributed by atoms with van der Waals surface area (Å²) in [5.41, 5.74) is 0.793. The molecule has 0 aliphatic carbocycles. The fourth-order valence-corrected chi connectivity index (χ4v) is 5.08. The van der Waals surface area contributed by atoms with Gasteiger partial charge in [0.05, 0.1) is 10.7 Å². The van der Waals surface area contributed by atoms with Crippen molar-refractivity contribution < 1.29 is 8.76 Å². The fraction of sp³-hybridized carbons (Fsp3) is 0.364. The molecular weight excluding hydrogens is 292 g/mol. The van der Waals surface area contributed by atoms with E-state index in [1.165, 1.54) is 0 Å². The summed E-state index contributed by atoms with van der Waals surface area (Å²) in [6.07, 6.45) is 0. The molecule has 0 spiro atoms. The summed E-state index contributed by atoms with van der Waals surface area (Å²) in [4.78, 5) is 1.87. The highest BCUT2D eigenvalue weighted by Crippen LogP contribution is 2.35. The Morgan fingerprint density at radius 1 is 1.44 bits per heavy atom. The first-order valence-corrected chi connectivity index (χ1v) is 8.18. The molecule has 2 aliphatic heterocycles. The first-order chi connectivity index (χ1) is 8.48. The lowest BCUT2D eigenvalue weighted by molar-refractivity contribution is 0.502. The number of para-hydroxylation sites is 1. The van der Waals surface area contributed by atoms with Gasteiger partial charge in [-0.25, -0.2) is 0 Å². The molecule has 0 aromatic heterocycles.